The molecule has 7 nitrogen and oxygen atoms in total. The van der Waals surface area contributed by atoms with E-state index in [1.807, 2.05) is 6.92 Å². The molecule has 0 unspecified atom stereocenters. The van der Waals surface area contributed by atoms with Crippen LogP contribution in [0.5, 0.6) is 0 Å². The first kappa shape index (κ1) is 24.9. The molecule has 0 saturated carbocycles. The average Bonchev–Trinajstić information content (AvgIpc) is 2.65. The molecule has 27 heavy (non-hydrogen) atoms. The van der Waals surface area contributed by atoms with Crippen LogP contribution in [0.3, 0.4) is 0 Å². The molecule has 0 spiro atoms. The molecule has 1 N–H and O–H groups in total. The van der Waals surface area contributed by atoms with E-state index in [-0.39, 0.29) is 58.6 Å². The molecule has 0 radical (unpaired) electrons. The largest absolute Gasteiger partial charge is 0.379 e. The first-order chi connectivity index (χ1) is 13.1. The van der Waals surface area contributed by atoms with Crippen LogP contribution in [0.4, 0.5) is 0 Å². The maximum atomic E-state index is 12.3. The van der Waals surface area contributed by atoms with Crippen molar-refractivity contribution in [1.29, 1.82) is 0 Å². The van der Waals surface area contributed by atoms with Crippen molar-refractivity contribution in [1.82, 2.24) is 5.32 Å². The Balaban J connectivity index is 4.73. The molecule has 0 aromatic carbocycles. The van der Waals surface area contributed by atoms with Gasteiger partial charge in [-0.25, -0.2) is 0 Å². The van der Waals surface area contributed by atoms with E-state index in [4.69, 9.17) is 43.0 Å². The van der Waals surface area contributed by atoms with Gasteiger partial charge in [0.05, 0.1) is 39.6 Å². The lowest BCUT2D eigenvalue weighted by molar-refractivity contribution is -0.128. The van der Waals surface area contributed by atoms with E-state index < -0.39 is 5.54 Å². The molecule has 0 heterocycles. The molecule has 0 saturated heterocycles. The molecule has 0 fully saturated rings. The van der Waals surface area contributed by atoms with E-state index >= 15 is 0 Å². The lowest BCUT2D eigenvalue weighted by Crippen LogP contribution is -2.58. The number of nitrogens with one attached hydrogen (secondary N) is 1. The molecule has 1 amide bonds. The zero-order valence-corrected chi connectivity index (χ0v) is 16.0. The van der Waals surface area contributed by atoms with Gasteiger partial charge in [0, 0.05) is 13.0 Å². The summed E-state index contributed by atoms with van der Waals surface area (Å²) in [5.41, 5.74) is -0.965. The van der Waals surface area contributed by atoms with Gasteiger partial charge in [0.2, 0.25) is 5.91 Å². The number of amides is 1. The van der Waals surface area contributed by atoms with Gasteiger partial charge in [-0.3, -0.25) is 4.79 Å². The molecule has 0 aromatic heterocycles. The number of hydrogen-bond donors (Lipinski definition) is 1. The van der Waals surface area contributed by atoms with Crippen LogP contribution in [0.15, 0.2) is 0 Å². The number of carbonyl (C=O) groups excluding carboxylic acids is 1. The van der Waals surface area contributed by atoms with Crippen LogP contribution in [-0.2, 0) is 28.5 Å². The van der Waals surface area contributed by atoms with Crippen LogP contribution in [0.25, 0.3) is 0 Å². The highest BCUT2D eigenvalue weighted by Crippen LogP contribution is 2.10. The van der Waals surface area contributed by atoms with Crippen molar-refractivity contribution in [3.63, 3.8) is 0 Å². The summed E-state index contributed by atoms with van der Waals surface area (Å²) in [6.07, 6.45) is 15.8. The normalized spacial score (nSPS) is 10.6. The second-order valence-electron chi connectivity index (χ2n) is 5.48. The van der Waals surface area contributed by atoms with Gasteiger partial charge >= 0.3 is 0 Å². The fraction of sp³-hybridized carbons (Fsp3) is 0.650. The van der Waals surface area contributed by atoms with Crippen LogP contribution in [-0.4, -0.2) is 77.5 Å². The number of terminal acetylenes is 3. The molecule has 0 aliphatic rings. The van der Waals surface area contributed by atoms with Crippen LogP contribution in [0.1, 0.15) is 13.3 Å². The molecular weight excluding hydrogens is 350 g/mol. The molecule has 0 aliphatic carbocycles. The van der Waals surface area contributed by atoms with Crippen LogP contribution in [0.2, 0.25) is 0 Å². The van der Waals surface area contributed by atoms with Gasteiger partial charge < -0.3 is 29.0 Å². The lowest BCUT2D eigenvalue weighted by atomic mass is 10.0. The molecular formula is C20H29NO6. The minimum absolute atomic E-state index is 0.0858. The average molecular weight is 379 g/mol. The molecule has 0 atom stereocenters. The fourth-order valence-corrected chi connectivity index (χ4v) is 2.04. The van der Waals surface area contributed by atoms with Gasteiger partial charge in [0.1, 0.15) is 25.4 Å². The molecule has 150 valence electrons. The Hall–Kier alpha value is -2.05. The second-order valence-corrected chi connectivity index (χ2v) is 5.48. The maximum Gasteiger partial charge on any atom is 0.222 e. The zero-order valence-electron chi connectivity index (χ0n) is 16.0. The Bertz CT molecular complexity index is 464. The van der Waals surface area contributed by atoms with Crippen LogP contribution in [0, 0.1) is 37.0 Å². The lowest BCUT2D eigenvalue weighted by Gasteiger charge is -2.33. The van der Waals surface area contributed by atoms with E-state index in [1.165, 1.54) is 0 Å². The SMILES string of the molecule is C#CCOCC(COCC#C)(COCC#C)NC(=O)CCOCCOCC. The summed E-state index contributed by atoms with van der Waals surface area (Å²) in [5, 5.41) is 2.88. The summed E-state index contributed by atoms with van der Waals surface area (Å²) < 4.78 is 26.8. The minimum atomic E-state index is -0.965. The van der Waals surface area contributed by atoms with E-state index in [0.717, 1.165) is 0 Å². The predicted molar refractivity (Wildman–Crippen MR) is 102 cm³/mol. The second kappa shape index (κ2) is 17.4. The van der Waals surface area contributed by atoms with Gasteiger partial charge in [-0.2, -0.15) is 0 Å². The van der Waals surface area contributed by atoms with Crippen molar-refractivity contribution in [3.8, 4) is 37.0 Å². The minimum Gasteiger partial charge on any atom is -0.379 e. The van der Waals surface area contributed by atoms with Gasteiger partial charge in [-0.15, -0.1) is 19.3 Å². The quantitative estimate of drug-likeness (QED) is 0.288. The summed E-state index contributed by atoms with van der Waals surface area (Å²) in [6.45, 7) is 4.22. The smallest absolute Gasteiger partial charge is 0.222 e. The topological polar surface area (TPSA) is 75.2 Å². The van der Waals surface area contributed by atoms with E-state index in [1.54, 1.807) is 0 Å². The fourth-order valence-electron chi connectivity index (χ4n) is 2.04. The Morgan fingerprint density at radius 2 is 1.30 bits per heavy atom. The van der Waals surface area contributed by atoms with Crippen LogP contribution >= 0.6 is 0 Å². The molecule has 0 rings (SSSR count). The Labute approximate surface area is 162 Å². The Morgan fingerprint density at radius 1 is 0.815 bits per heavy atom. The van der Waals surface area contributed by atoms with Crippen molar-refractivity contribution in [2.24, 2.45) is 0 Å². The van der Waals surface area contributed by atoms with Gasteiger partial charge in [-0.1, -0.05) is 17.8 Å². The third kappa shape index (κ3) is 13.8. The highest BCUT2D eigenvalue weighted by Gasteiger charge is 2.33. The number of hydrogen-bond acceptors (Lipinski definition) is 6. The third-order valence-corrected chi connectivity index (χ3v) is 3.15. The Kier molecular flexibility index (Phi) is 16.0. The Morgan fingerprint density at radius 3 is 1.74 bits per heavy atom. The first-order valence-corrected chi connectivity index (χ1v) is 8.64. The molecule has 0 bridgehead atoms. The molecule has 0 aromatic rings. The first-order valence-electron chi connectivity index (χ1n) is 8.64. The third-order valence-electron chi connectivity index (χ3n) is 3.15. The molecule has 7 heteroatoms. The summed E-state index contributed by atoms with van der Waals surface area (Å²) in [7, 11) is 0. The predicted octanol–water partition coefficient (Wildman–Crippen LogP) is 0.234. The summed E-state index contributed by atoms with van der Waals surface area (Å²) >= 11 is 0. The maximum absolute atomic E-state index is 12.3. The van der Waals surface area contributed by atoms with E-state index in [0.29, 0.717) is 19.8 Å². The van der Waals surface area contributed by atoms with Gasteiger partial charge in [0.25, 0.3) is 0 Å². The van der Waals surface area contributed by atoms with Crippen molar-refractivity contribution in [3.05, 3.63) is 0 Å². The van der Waals surface area contributed by atoms with Crippen molar-refractivity contribution in [2.45, 2.75) is 18.9 Å². The summed E-state index contributed by atoms with van der Waals surface area (Å²) in [5.74, 6) is 6.87. The monoisotopic (exact) mass is 379 g/mol. The van der Waals surface area contributed by atoms with Gasteiger partial charge in [-0.05, 0) is 6.92 Å². The highest BCUT2D eigenvalue weighted by molar-refractivity contribution is 5.77. The van der Waals surface area contributed by atoms with E-state index in [9.17, 15) is 4.79 Å². The van der Waals surface area contributed by atoms with Crippen molar-refractivity contribution < 1.29 is 28.5 Å². The van der Waals surface area contributed by atoms with Crippen molar-refractivity contribution in [2.75, 3.05) is 66.1 Å². The zero-order chi connectivity index (χ0) is 20.2. The van der Waals surface area contributed by atoms with Gasteiger partial charge in [0.15, 0.2) is 0 Å². The summed E-state index contributed by atoms with van der Waals surface area (Å²) in [4.78, 5) is 12.3. The number of carbonyl (C=O) groups is 1. The van der Waals surface area contributed by atoms with Crippen LogP contribution < -0.4 is 5.32 Å². The highest BCUT2D eigenvalue weighted by atomic mass is 16.5. The van der Waals surface area contributed by atoms with Crippen molar-refractivity contribution >= 4 is 5.91 Å². The molecule has 0 aliphatic heterocycles. The number of rotatable bonds is 17. The standard InChI is InChI=1S/C20H29NO6/c1-5-10-25-16-20(17-26-11-6-2,18-27-12-7-3)21-19(22)9-13-24-15-14-23-8-4/h1-3H,8-18H2,4H3,(H,21,22). The van der Waals surface area contributed by atoms with E-state index in [2.05, 4.69) is 23.1 Å². The number of ether oxygens (including phenoxy) is 5. The summed E-state index contributed by atoms with van der Waals surface area (Å²) in [6, 6.07) is 0.